The molecule has 0 saturated carbocycles. The van der Waals surface area contributed by atoms with E-state index in [1.54, 1.807) is 23.1 Å². The molecule has 7 heteroatoms. The van der Waals surface area contributed by atoms with E-state index in [0.717, 1.165) is 21.8 Å². The first kappa shape index (κ1) is 20.7. The number of aromatic nitrogens is 2. The van der Waals surface area contributed by atoms with E-state index in [4.69, 9.17) is 0 Å². The van der Waals surface area contributed by atoms with Crippen molar-refractivity contribution in [1.29, 1.82) is 0 Å². The summed E-state index contributed by atoms with van der Waals surface area (Å²) < 4.78 is 0. The quantitative estimate of drug-likeness (QED) is 0.384. The highest BCUT2D eigenvalue weighted by atomic mass is 32.2. The minimum atomic E-state index is -0.0436. The van der Waals surface area contributed by atoms with E-state index in [1.807, 2.05) is 62.6 Å². The normalized spacial score (nSPS) is 12.4. The summed E-state index contributed by atoms with van der Waals surface area (Å²) in [6.07, 6.45) is 0. The van der Waals surface area contributed by atoms with Crippen LogP contribution in [0.3, 0.4) is 0 Å². The summed E-state index contributed by atoms with van der Waals surface area (Å²) in [6, 6.07) is 18.0. The van der Waals surface area contributed by atoms with Gasteiger partial charge in [-0.3, -0.25) is 4.79 Å². The Morgan fingerprint density at radius 2 is 1.97 bits per heavy atom. The Morgan fingerprint density at radius 3 is 2.73 bits per heavy atom. The Balaban J connectivity index is 1.43. The molecule has 2 heterocycles. The molecule has 5 nitrogen and oxygen atoms in total. The molecule has 2 aromatic carbocycles. The van der Waals surface area contributed by atoms with Crippen molar-refractivity contribution in [1.82, 2.24) is 20.2 Å². The van der Waals surface area contributed by atoms with Gasteiger partial charge in [-0.1, -0.05) is 42.1 Å². The number of nitrogens with one attached hydrogen (secondary N) is 2. The number of imidazole rings is 1. The van der Waals surface area contributed by atoms with Crippen molar-refractivity contribution in [3.63, 3.8) is 0 Å². The highest BCUT2D eigenvalue weighted by molar-refractivity contribution is 7.98. The van der Waals surface area contributed by atoms with Gasteiger partial charge in [0, 0.05) is 17.9 Å². The van der Waals surface area contributed by atoms with Crippen LogP contribution in [0.4, 0.5) is 0 Å². The molecule has 154 valence electrons. The molecule has 0 bridgehead atoms. The van der Waals surface area contributed by atoms with Crippen molar-refractivity contribution < 1.29 is 4.79 Å². The van der Waals surface area contributed by atoms with E-state index in [2.05, 4.69) is 37.0 Å². The molecule has 2 aromatic heterocycles. The first-order valence-electron chi connectivity index (χ1n) is 9.74. The van der Waals surface area contributed by atoms with E-state index in [1.165, 1.54) is 5.56 Å². The maximum atomic E-state index is 13.0. The van der Waals surface area contributed by atoms with E-state index in [0.29, 0.717) is 17.9 Å². The number of aromatic amines is 1. The van der Waals surface area contributed by atoms with Gasteiger partial charge in [-0.15, -0.1) is 0 Å². The topological polar surface area (TPSA) is 61.0 Å². The van der Waals surface area contributed by atoms with Gasteiger partial charge in [-0.05, 0) is 60.2 Å². The number of hydrogen-bond acceptors (Lipinski definition) is 5. The standard InChI is InChI=1S/C23H24N4OS2/c1-27(2)21(17-11-12-29-14-17)13-24-22(28)18-8-4-3-7-16(18)15-30-23-25-19-9-5-6-10-20(19)26-23/h3-12,14,21H,13,15H2,1-2H3,(H,24,28)(H,25,26)/t21-/m0/s1. The minimum Gasteiger partial charge on any atom is -0.350 e. The van der Waals surface area contributed by atoms with Gasteiger partial charge in [0.1, 0.15) is 0 Å². The molecule has 1 atom stereocenters. The van der Waals surface area contributed by atoms with Crippen LogP contribution in [0.5, 0.6) is 0 Å². The number of rotatable bonds is 8. The highest BCUT2D eigenvalue weighted by Gasteiger charge is 2.18. The summed E-state index contributed by atoms with van der Waals surface area (Å²) >= 11 is 3.28. The zero-order valence-electron chi connectivity index (χ0n) is 17.0. The number of nitrogens with zero attached hydrogens (tertiary/aromatic N) is 2. The summed E-state index contributed by atoms with van der Waals surface area (Å²) in [6.45, 7) is 0.563. The monoisotopic (exact) mass is 436 g/mol. The highest BCUT2D eigenvalue weighted by Crippen LogP contribution is 2.25. The fraction of sp³-hybridized carbons (Fsp3) is 0.217. The lowest BCUT2D eigenvalue weighted by molar-refractivity contribution is 0.0941. The smallest absolute Gasteiger partial charge is 0.251 e. The van der Waals surface area contributed by atoms with Gasteiger partial charge in [0.05, 0.1) is 17.1 Å². The Hall–Kier alpha value is -2.61. The molecule has 0 aliphatic rings. The molecule has 1 amide bonds. The van der Waals surface area contributed by atoms with Crippen molar-refractivity contribution in [2.45, 2.75) is 17.0 Å². The van der Waals surface area contributed by atoms with Crippen LogP contribution in [0.1, 0.15) is 27.5 Å². The number of fused-ring (bicyclic) bond motifs is 1. The molecular weight excluding hydrogens is 412 g/mol. The second-order valence-corrected chi connectivity index (χ2v) is 9.00. The van der Waals surface area contributed by atoms with Crippen LogP contribution in [-0.2, 0) is 5.75 Å². The van der Waals surface area contributed by atoms with Crippen LogP contribution in [0.2, 0.25) is 0 Å². The van der Waals surface area contributed by atoms with Crippen molar-refractivity contribution >= 4 is 40.0 Å². The maximum Gasteiger partial charge on any atom is 0.251 e. The largest absolute Gasteiger partial charge is 0.350 e. The molecule has 0 radical (unpaired) electrons. The van der Waals surface area contributed by atoms with Gasteiger partial charge >= 0.3 is 0 Å². The SMILES string of the molecule is CN(C)[C@@H](CNC(=O)c1ccccc1CSc1nc2ccccc2[nH]1)c1ccsc1. The number of para-hydroxylation sites is 2. The van der Waals surface area contributed by atoms with E-state index in [9.17, 15) is 4.79 Å². The van der Waals surface area contributed by atoms with Gasteiger partial charge < -0.3 is 15.2 Å². The van der Waals surface area contributed by atoms with Crippen molar-refractivity contribution in [3.8, 4) is 0 Å². The fourth-order valence-corrected chi connectivity index (χ4v) is 4.96. The van der Waals surface area contributed by atoms with Crippen molar-refractivity contribution in [2.24, 2.45) is 0 Å². The molecule has 0 unspecified atom stereocenters. The third-order valence-electron chi connectivity index (χ3n) is 5.00. The van der Waals surface area contributed by atoms with Crippen LogP contribution in [-0.4, -0.2) is 41.4 Å². The maximum absolute atomic E-state index is 13.0. The van der Waals surface area contributed by atoms with Gasteiger partial charge in [0.25, 0.3) is 5.91 Å². The fourth-order valence-electron chi connectivity index (χ4n) is 3.36. The van der Waals surface area contributed by atoms with Gasteiger partial charge in [-0.25, -0.2) is 4.98 Å². The summed E-state index contributed by atoms with van der Waals surface area (Å²) in [4.78, 5) is 23.0. The zero-order valence-corrected chi connectivity index (χ0v) is 18.6. The van der Waals surface area contributed by atoms with E-state index < -0.39 is 0 Å². The number of amides is 1. The van der Waals surface area contributed by atoms with Gasteiger partial charge in [0.2, 0.25) is 0 Å². The summed E-state index contributed by atoms with van der Waals surface area (Å²) in [5.74, 6) is 0.628. The third kappa shape index (κ3) is 4.75. The number of thioether (sulfide) groups is 1. The average molecular weight is 437 g/mol. The van der Waals surface area contributed by atoms with Crippen LogP contribution in [0.15, 0.2) is 70.5 Å². The number of thiophene rings is 1. The number of carbonyl (C=O) groups excluding carboxylic acids is 1. The lowest BCUT2D eigenvalue weighted by Crippen LogP contribution is -2.34. The second kappa shape index (κ2) is 9.47. The average Bonchev–Trinajstić information content (AvgIpc) is 3.42. The zero-order chi connectivity index (χ0) is 20.9. The molecule has 0 fully saturated rings. The van der Waals surface area contributed by atoms with Crippen molar-refractivity contribution in [3.05, 3.63) is 82.0 Å². The molecule has 30 heavy (non-hydrogen) atoms. The van der Waals surface area contributed by atoms with Crippen LogP contribution < -0.4 is 5.32 Å². The molecule has 0 spiro atoms. The number of likely N-dealkylation sites (N-methyl/N-ethyl adjacent to an activating group) is 1. The third-order valence-corrected chi connectivity index (χ3v) is 6.62. The molecule has 4 aromatic rings. The molecule has 0 saturated heterocycles. The number of benzene rings is 2. The predicted molar refractivity (Wildman–Crippen MR) is 125 cm³/mol. The van der Waals surface area contributed by atoms with Crippen LogP contribution >= 0.6 is 23.1 Å². The Bertz CT molecular complexity index is 1090. The van der Waals surface area contributed by atoms with E-state index in [-0.39, 0.29) is 11.9 Å². The molecule has 0 aliphatic heterocycles. The number of carbonyl (C=O) groups is 1. The summed E-state index contributed by atoms with van der Waals surface area (Å²) in [5.41, 5.74) is 4.91. The number of H-pyrrole nitrogens is 1. The Kier molecular flexibility index (Phi) is 6.52. The molecular formula is C23H24N4OS2. The minimum absolute atomic E-state index is 0.0436. The molecule has 4 rings (SSSR count). The Morgan fingerprint density at radius 1 is 1.17 bits per heavy atom. The first-order chi connectivity index (χ1) is 14.6. The lowest BCUT2D eigenvalue weighted by atomic mass is 10.1. The van der Waals surface area contributed by atoms with E-state index >= 15 is 0 Å². The summed E-state index contributed by atoms with van der Waals surface area (Å²) in [7, 11) is 4.07. The van der Waals surface area contributed by atoms with Gasteiger partial charge in [-0.2, -0.15) is 11.3 Å². The van der Waals surface area contributed by atoms with Gasteiger partial charge in [0.15, 0.2) is 5.16 Å². The molecule has 2 N–H and O–H groups in total. The second-order valence-electron chi connectivity index (χ2n) is 7.25. The predicted octanol–water partition coefficient (Wildman–Crippen LogP) is 4.95. The lowest BCUT2D eigenvalue weighted by Gasteiger charge is -2.24. The first-order valence-corrected chi connectivity index (χ1v) is 11.7. The van der Waals surface area contributed by atoms with Crippen LogP contribution in [0.25, 0.3) is 11.0 Å². The Labute approximate surface area is 184 Å². The van der Waals surface area contributed by atoms with Crippen molar-refractivity contribution in [2.75, 3.05) is 20.6 Å². The number of hydrogen-bond donors (Lipinski definition) is 2. The molecule has 0 aliphatic carbocycles. The van der Waals surface area contributed by atoms with Crippen LogP contribution in [0, 0.1) is 0 Å². The summed E-state index contributed by atoms with van der Waals surface area (Å²) in [5, 5.41) is 8.18.